The minimum absolute atomic E-state index is 0.211. The van der Waals surface area contributed by atoms with Crippen LogP contribution in [-0.4, -0.2) is 31.6 Å². The molecule has 1 rings (SSSR count). The highest BCUT2D eigenvalue weighted by molar-refractivity contribution is 4.84. The summed E-state index contributed by atoms with van der Waals surface area (Å²) in [5.74, 6) is 0. The van der Waals surface area contributed by atoms with Crippen LogP contribution in [0.5, 0.6) is 0 Å². The Balaban J connectivity index is 2.33. The minimum atomic E-state index is -0.418. The fourth-order valence-electron chi connectivity index (χ4n) is 1.20. The van der Waals surface area contributed by atoms with E-state index in [1.165, 1.54) is 0 Å². The number of nitrogens with one attached hydrogen (secondary N) is 1. The van der Waals surface area contributed by atoms with E-state index in [0.717, 1.165) is 6.54 Å². The molecular weight excluding hydrogens is 168 g/mol. The van der Waals surface area contributed by atoms with E-state index in [9.17, 15) is 0 Å². The minimum Gasteiger partial charge on any atom is -0.350 e. The zero-order chi connectivity index (χ0) is 9.73. The fraction of sp³-hybridized carbons (Fsp3) is 0.889. The molecular formula is C9H16N2O2. The Labute approximate surface area is 78.8 Å². The average Bonchev–Trinajstić information content (AvgIpc) is 2.04. The van der Waals surface area contributed by atoms with Crippen LogP contribution in [0.25, 0.3) is 0 Å². The Kier molecular flexibility index (Phi) is 3.67. The van der Waals surface area contributed by atoms with Crippen LogP contribution in [0.4, 0.5) is 0 Å². The van der Waals surface area contributed by atoms with E-state index in [1.807, 2.05) is 13.8 Å². The van der Waals surface area contributed by atoms with E-state index in [2.05, 4.69) is 11.4 Å². The van der Waals surface area contributed by atoms with Crippen molar-refractivity contribution in [2.24, 2.45) is 0 Å². The molecule has 1 N–H and O–H groups in total. The van der Waals surface area contributed by atoms with E-state index >= 15 is 0 Å². The molecule has 1 aliphatic rings. The number of nitriles is 1. The molecule has 0 bridgehead atoms. The normalized spacial score (nSPS) is 23.9. The van der Waals surface area contributed by atoms with Crippen molar-refractivity contribution < 1.29 is 9.47 Å². The molecule has 74 valence electrons. The average molecular weight is 184 g/mol. The molecule has 1 unspecified atom stereocenters. The van der Waals surface area contributed by atoms with Crippen LogP contribution in [0.15, 0.2) is 0 Å². The SMILES string of the molecule is CC(C)(CC#N)OC1CNCCO1. The summed E-state index contributed by atoms with van der Waals surface area (Å²) < 4.78 is 11.0. The number of ether oxygens (including phenoxy) is 2. The number of rotatable bonds is 3. The highest BCUT2D eigenvalue weighted by atomic mass is 16.7. The van der Waals surface area contributed by atoms with Crippen molar-refractivity contribution in [1.82, 2.24) is 5.32 Å². The summed E-state index contributed by atoms with van der Waals surface area (Å²) in [7, 11) is 0. The van der Waals surface area contributed by atoms with Crippen LogP contribution in [0.3, 0.4) is 0 Å². The van der Waals surface area contributed by atoms with Crippen molar-refractivity contribution in [1.29, 1.82) is 5.26 Å². The number of hydrogen-bond acceptors (Lipinski definition) is 4. The van der Waals surface area contributed by atoms with Gasteiger partial charge in [0, 0.05) is 13.1 Å². The first-order chi connectivity index (χ1) is 6.14. The second kappa shape index (κ2) is 4.56. The lowest BCUT2D eigenvalue weighted by molar-refractivity contribution is -0.206. The second-order valence-electron chi connectivity index (χ2n) is 3.72. The van der Waals surface area contributed by atoms with Crippen LogP contribution in [0.1, 0.15) is 20.3 Å². The summed E-state index contributed by atoms with van der Waals surface area (Å²) in [5.41, 5.74) is -0.418. The molecule has 0 saturated carbocycles. The van der Waals surface area contributed by atoms with Crippen LogP contribution in [-0.2, 0) is 9.47 Å². The number of hydrogen-bond donors (Lipinski definition) is 1. The van der Waals surface area contributed by atoms with Gasteiger partial charge < -0.3 is 14.8 Å². The third-order valence-electron chi connectivity index (χ3n) is 1.85. The molecule has 0 aromatic carbocycles. The highest BCUT2D eigenvalue weighted by Gasteiger charge is 2.25. The van der Waals surface area contributed by atoms with Crippen molar-refractivity contribution >= 4 is 0 Å². The van der Waals surface area contributed by atoms with Crippen LogP contribution < -0.4 is 5.32 Å². The summed E-state index contributed by atoms with van der Waals surface area (Å²) in [6.45, 7) is 6.04. The molecule has 0 amide bonds. The van der Waals surface area contributed by atoms with Crippen molar-refractivity contribution in [3.63, 3.8) is 0 Å². The number of nitrogens with zero attached hydrogens (tertiary/aromatic N) is 1. The standard InChI is InChI=1S/C9H16N2O2/c1-9(2,3-4-10)13-8-7-11-5-6-12-8/h8,11H,3,5-7H2,1-2H3. The fourth-order valence-corrected chi connectivity index (χ4v) is 1.20. The quantitative estimate of drug-likeness (QED) is 0.699. The van der Waals surface area contributed by atoms with Gasteiger partial charge in [0.1, 0.15) is 0 Å². The first-order valence-corrected chi connectivity index (χ1v) is 4.51. The molecule has 1 saturated heterocycles. The lowest BCUT2D eigenvalue weighted by atomic mass is 10.1. The molecule has 0 aliphatic carbocycles. The van der Waals surface area contributed by atoms with Gasteiger partial charge in [-0.1, -0.05) is 0 Å². The molecule has 0 spiro atoms. The Morgan fingerprint density at radius 2 is 2.46 bits per heavy atom. The van der Waals surface area contributed by atoms with Crippen LogP contribution in [0, 0.1) is 11.3 Å². The topological polar surface area (TPSA) is 54.3 Å². The van der Waals surface area contributed by atoms with Gasteiger partial charge in [0.15, 0.2) is 6.29 Å². The summed E-state index contributed by atoms with van der Waals surface area (Å²) >= 11 is 0. The first kappa shape index (κ1) is 10.5. The molecule has 1 heterocycles. The maximum Gasteiger partial charge on any atom is 0.170 e. The third kappa shape index (κ3) is 3.73. The molecule has 1 atom stereocenters. The Morgan fingerprint density at radius 1 is 1.69 bits per heavy atom. The Hall–Kier alpha value is -0.630. The molecule has 1 aliphatic heterocycles. The third-order valence-corrected chi connectivity index (χ3v) is 1.85. The van der Waals surface area contributed by atoms with Gasteiger partial charge in [0.05, 0.1) is 24.7 Å². The van der Waals surface area contributed by atoms with Gasteiger partial charge in [-0.15, -0.1) is 0 Å². The van der Waals surface area contributed by atoms with Gasteiger partial charge in [-0.05, 0) is 13.8 Å². The van der Waals surface area contributed by atoms with Gasteiger partial charge in [0.2, 0.25) is 0 Å². The molecule has 13 heavy (non-hydrogen) atoms. The lowest BCUT2D eigenvalue weighted by Crippen LogP contribution is -2.44. The van der Waals surface area contributed by atoms with E-state index in [-0.39, 0.29) is 6.29 Å². The van der Waals surface area contributed by atoms with Gasteiger partial charge in [-0.25, -0.2) is 0 Å². The highest BCUT2D eigenvalue weighted by Crippen LogP contribution is 2.17. The maximum atomic E-state index is 8.54. The zero-order valence-corrected chi connectivity index (χ0v) is 8.17. The summed E-state index contributed by atoms with van der Waals surface area (Å²) in [6, 6.07) is 2.10. The smallest absolute Gasteiger partial charge is 0.170 e. The molecule has 0 aromatic heterocycles. The molecule has 4 nitrogen and oxygen atoms in total. The predicted molar refractivity (Wildman–Crippen MR) is 48.0 cm³/mol. The largest absolute Gasteiger partial charge is 0.350 e. The van der Waals surface area contributed by atoms with Gasteiger partial charge in [-0.2, -0.15) is 5.26 Å². The van der Waals surface area contributed by atoms with Crippen LogP contribution in [0.2, 0.25) is 0 Å². The van der Waals surface area contributed by atoms with E-state index in [4.69, 9.17) is 14.7 Å². The summed E-state index contributed by atoms with van der Waals surface area (Å²) in [6.07, 6.45) is 0.171. The predicted octanol–water partition coefficient (Wildman–Crippen LogP) is 0.641. The second-order valence-corrected chi connectivity index (χ2v) is 3.72. The van der Waals surface area contributed by atoms with Crippen molar-refractivity contribution in [2.75, 3.05) is 19.7 Å². The van der Waals surface area contributed by atoms with Crippen molar-refractivity contribution in [3.05, 3.63) is 0 Å². The van der Waals surface area contributed by atoms with E-state index in [0.29, 0.717) is 19.6 Å². The van der Waals surface area contributed by atoms with E-state index in [1.54, 1.807) is 0 Å². The monoisotopic (exact) mass is 184 g/mol. The lowest BCUT2D eigenvalue weighted by Gasteiger charge is -2.31. The molecule has 0 aromatic rings. The first-order valence-electron chi connectivity index (χ1n) is 4.51. The van der Waals surface area contributed by atoms with E-state index < -0.39 is 5.60 Å². The summed E-state index contributed by atoms with van der Waals surface area (Å²) in [4.78, 5) is 0. The summed E-state index contributed by atoms with van der Waals surface area (Å²) in [5, 5.41) is 11.7. The van der Waals surface area contributed by atoms with Gasteiger partial charge in [0.25, 0.3) is 0 Å². The van der Waals surface area contributed by atoms with Gasteiger partial charge >= 0.3 is 0 Å². The van der Waals surface area contributed by atoms with Gasteiger partial charge in [-0.3, -0.25) is 0 Å². The Bertz CT molecular complexity index is 192. The number of morpholine rings is 1. The molecule has 1 fully saturated rings. The van der Waals surface area contributed by atoms with Crippen molar-refractivity contribution in [2.45, 2.75) is 32.2 Å². The molecule has 0 radical (unpaired) electrons. The van der Waals surface area contributed by atoms with Crippen molar-refractivity contribution in [3.8, 4) is 6.07 Å². The maximum absolute atomic E-state index is 8.54. The zero-order valence-electron chi connectivity index (χ0n) is 8.17. The van der Waals surface area contributed by atoms with Crippen LogP contribution >= 0.6 is 0 Å². The Morgan fingerprint density at radius 3 is 3.00 bits per heavy atom. The molecule has 4 heteroatoms.